The summed E-state index contributed by atoms with van der Waals surface area (Å²) in [5.41, 5.74) is 0.919. The number of hydrogen-bond acceptors (Lipinski definition) is 5. The second-order valence-electron chi connectivity index (χ2n) is 3.61. The highest BCUT2D eigenvalue weighted by Gasteiger charge is 2.26. The maximum absolute atomic E-state index is 11.8. The molecule has 0 radical (unpaired) electrons. The summed E-state index contributed by atoms with van der Waals surface area (Å²) in [4.78, 5) is 24.0. The van der Waals surface area contributed by atoms with Gasteiger partial charge in [-0.1, -0.05) is 11.8 Å². The third-order valence-electron chi connectivity index (χ3n) is 2.58. The van der Waals surface area contributed by atoms with Crippen LogP contribution in [0.4, 0.5) is 0 Å². The Morgan fingerprint density at radius 2 is 2.18 bits per heavy atom. The first-order valence-electron chi connectivity index (χ1n) is 5.10. The summed E-state index contributed by atoms with van der Waals surface area (Å²) in [6.07, 6.45) is 0.367. The molecule has 0 N–H and O–H groups in total. The minimum absolute atomic E-state index is 0.0435. The molecule has 1 aromatic carbocycles. The Hall–Kier alpha value is -1.33. The van der Waals surface area contributed by atoms with Crippen molar-refractivity contribution in [2.75, 3.05) is 14.2 Å². The SMILES string of the molecule is COC(=O)c1ccc2c(c1)SC(OC)CC2=O. The highest BCUT2D eigenvalue weighted by atomic mass is 32.2. The standard InChI is InChI=1S/C12H12O4S/c1-15-11-6-9(13)8-4-3-7(12(14)16-2)5-10(8)17-11/h3-5,11H,6H2,1-2H3. The second kappa shape index (κ2) is 4.89. The van der Waals surface area contributed by atoms with E-state index in [4.69, 9.17) is 4.74 Å². The highest BCUT2D eigenvalue weighted by Crippen LogP contribution is 2.36. The summed E-state index contributed by atoms with van der Waals surface area (Å²) in [7, 11) is 2.90. The Bertz CT molecular complexity index is 470. The van der Waals surface area contributed by atoms with E-state index in [0.29, 0.717) is 17.5 Å². The molecule has 0 bridgehead atoms. The zero-order valence-electron chi connectivity index (χ0n) is 9.56. The Morgan fingerprint density at radius 3 is 2.82 bits per heavy atom. The summed E-state index contributed by atoms with van der Waals surface area (Å²) in [5.74, 6) is -0.359. The van der Waals surface area contributed by atoms with E-state index >= 15 is 0 Å². The fourth-order valence-corrected chi connectivity index (χ4v) is 2.79. The van der Waals surface area contributed by atoms with Crippen LogP contribution in [0.2, 0.25) is 0 Å². The summed E-state index contributed by atoms with van der Waals surface area (Å²) >= 11 is 1.45. The van der Waals surface area contributed by atoms with Crippen LogP contribution in [0.3, 0.4) is 0 Å². The van der Waals surface area contributed by atoms with Crippen molar-refractivity contribution < 1.29 is 19.1 Å². The molecule has 0 spiro atoms. The van der Waals surface area contributed by atoms with Crippen molar-refractivity contribution in [1.82, 2.24) is 0 Å². The summed E-state index contributed by atoms with van der Waals surface area (Å²) in [6, 6.07) is 4.95. The Kier molecular flexibility index (Phi) is 3.49. The van der Waals surface area contributed by atoms with Crippen molar-refractivity contribution in [1.29, 1.82) is 0 Å². The molecule has 1 aromatic rings. The van der Waals surface area contributed by atoms with E-state index in [1.54, 1.807) is 25.3 Å². The molecule has 0 amide bonds. The van der Waals surface area contributed by atoms with Crippen molar-refractivity contribution >= 4 is 23.5 Å². The van der Waals surface area contributed by atoms with Crippen LogP contribution in [-0.4, -0.2) is 31.4 Å². The van der Waals surface area contributed by atoms with Gasteiger partial charge in [-0.3, -0.25) is 4.79 Å². The predicted molar refractivity (Wildman–Crippen MR) is 63.4 cm³/mol. The van der Waals surface area contributed by atoms with Crippen LogP contribution in [0.25, 0.3) is 0 Å². The van der Waals surface area contributed by atoms with Gasteiger partial charge in [-0.05, 0) is 18.2 Å². The van der Waals surface area contributed by atoms with Gasteiger partial charge in [-0.2, -0.15) is 0 Å². The van der Waals surface area contributed by atoms with Gasteiger partial charge in [-0.15, -0.1) is 0 Å². The summed E-state index contributed by atoms with van der Waals surface area (Å²) in [5, 5.41) is 0. The van der Waals surface area contributed by atoms with Gasteiger partial charge in [-0.25, -0.2) is 4.79 Å². The number of Topliss-reactive ketones (excluding diaryl/α,β-unsaturated/α-hetero) is 1. The average molecular weight is 252 g/mol. The third kappa shape index (κ3) is 2.35. The van der Waals surface area contributed by atoms with Crippen LogP contribution in [0.5, 0.6) is 0 Å². The molecule has 0 fully saturated rings. The van der Waals surface area contributed by atoms with Gasteiger partial charge in [0.15, 0.2) is 5.78 Å². The van der Waals surface area contributed by atoms with E-state index in [-0.39, 0.29) is 11.2 Å². The quantitative estimate of drug-likeness (QED) is 0.755. The topological polar surface area (TPSA) is 52.6 Å². The monoisotopic (exact) mass is 252 g/mol. The molecule has 0 aliphatic carbocycles. The molecule has 17 heavy (non-hydrogen) atoms. The Labute approximate surface area is 103 Å². The largest absolute Gasteiger partial charge is 0.465 e. The van der Waals surface area contributed by atoms with E-state index in [9.17, 15) is 9.59 Å². The first-order chi connectivity index (χ1) is 8.15. The molecular formula is C12H12O4S. The van der Waals surface area contributed by atoms with Gasteiger partial charge in [0, 0.05) is 24.0 Å². The van der Waals surface area contributed by atoms with E-state index in [1.807, 2.05) is 0 Å². The Balaban J connectivity index is 2.37. The lowest BCUT2D eigenvalue weighted by molar-refractivity contribution is 0.0599. The molecular weight excluding hydrogens is 240 g/mol. The molecule has 5 heteroatoms. The van der Waals surface area contributed by atoms with E-state index in [1.165, 1.54) is 18.9 Å². The number of carbonyl (C=O) groups is 2. The van der Waals surface area contributed by atoms with Crippen molar-refractivity contribution in [3.63, 3.8) is 0 Å². The van der Waals surface area contributed by atoms with Crippen LogP contribution in [0, 0.1) is 0 Å². The number of carbonyl (C=O) groups excluding carboxylic acids is 2. The van der Waals surface area contributed by atoms with Gasteiger partial charge in [0.2, 0.25) is 0 Å². The number of ether oxygens (including phenoxy) is 2. The minimum atomic E-state index is -0.402. The van der Waals surface area contributed by atoms with Gasteiger partial charge in [0.05, 0.1) is 12.7 Å². The predicted octanol–water partition coefficient (Wildman–Crippen LogP) is 2.12. The molecule has 1 atom stereocenters. The second-order valence-corrected chi connectivity index (χ2v) is 4.81. The molecule has 1 unspecified atom stereocenters. The smallest absolute Gasteiger partial charge is 0.337 e. The van der Waals surface area contributed by atoms with Gasteiger partial charge in [0.25, 0.3) is 0 Å². The van der Waals surface area contributed by atoms with Crippen molar-refractivity contribution in [3.05, 3.63) is 29.3 Å². The number of ketones is 1. The molecule has 0 saturated carbocycles. The fourth-order valence-electron chi connectivity index (χ4n) is 1.67. The first kappa shape index (κ1) is 12.1. The van der Waals surface area contributed by atoms with Crippen LogP contribution < -0.4 is 0 Å². The zero-order valence-corrected chi connectivity index (χ0v) is 10.4. The summed E-state index contributed by atoms with van der Waals surface area (Å²) in [6.45, 7) is 0. The number of methoxy groups -OCH3 is 2. The molecule has 90 valence electrons. The highest BCUT2D eigenvalue weighted by molar-refractivity contribution is 8.00. The van der Waals surface area contributed by atoms with Crippen molar-refractivity contribution in [3.8, 4) is 0 Å². The van der Waals surface area contributed by atoms with E-state index in [0.717, 1.165) is 4.90 Å². The van der Waals surface area contributed by atoms with Crippen LogP contribution in [-0.2, 0) is 9.47 Å². The lowest BCUT2D eigenvalue weighted by Gasteiger charge is -2.21. The molecule has 1 aliphatic heterocycles. The maximum atomic E-state index is 11.8. The molecule has 0 saturated heterocycles. The summed E-state index contributed by atoms with van der Waals surface area (Å²) < 4.78 is 9.81. The number of hydrogen-bond donors (Lipinski definition) is 0. The number of esters is 1. The fraction of sp³-hybridized carbons (Fsp3) is 0.333. The lowest BCUT2D eigenvalue weighted by Crippen LogP contribution is -2.19. The molecule has 1 heterocycles. The van der Waals surface area contributed by atoms with Gasteiger partial charge >= 0.3 is 5.97 Å². The lowest BCUT2D eigenvalue weighted by atomic mass is 10.1. The first-order valence-corrected chi connectivity index (χ1v) is 5.98. The van der Waals surface area contributed by atoms with Crippen LogP contribution >= 0.6 is 11.8 Å². The van der Waals surface area contributed by atoms with Crippen LogP contribution in [0.1, 0.15) is 27.1 Å². The average Bonchev–Trinajstić information content (AvgIpc) is 2.36. The normalized spacial score (nSPS) is 18.7. The molecule has 1 aliphatic rings. The van der Waals surface area contributed by atoms with Gasteiger partial charge in [0.1, 0.15) is 5.44 Å². The molecule has 2 rings (SSSR count). The Morgan fingerprint density at radius 1 is 1.41 bits per heavy atom. The van der Waals surface area contributed by atoms with Crippen molar-refractivity contribution in [2.24, 2.45) is 0 Å². The maximum Gasteiger partial charge on any atom is 0.337 e. The number of thioether (sulfide) groups is 1. The molecule has 0 aromatic heterocycles. The van der Waals surface area contributed by atoms with E-state index in [2.05, 4.69) is 4.74 Å². The van der Waals surface area contributed by atoms with E-state index < -0.39 is 5.97 Å². The van der Waals surface area contributed by atoms with Crippen molar-refractivity contribution in [2.45, 2.75) is 16.8 Å². The number of benzene rings is 1. The van der Waals surface area contributed by atoms with Gasteiger partial charge < -0.3 is 9.47 Å². The minimum Gasteiger partial charge on any atom is -0.465 e. The third-order valence-corrected chi connectivity index (χ3v) is 3.79. The number of rotatable bonds is 2. The number of fused-ring (bicyclic) bond motifs is 1. The molecule has 4 nitrogen and oxygen atoms in total. The van der Waals surface area contributed by atoms with Crippen LogP contribution in [0.15, 0.2) is 23.1 Å². The zero-order chi connectivity index (χ0) is 12.4.